The highest BCUT2D eigenvalue weighted by atomic mass is 16.5. The normalized spacial score (nSPS) is 10.7. The molecule has 3 aromatic rings. The zero-order chi connectivity index (χ0) is 15.2. The molecule has 0 saturated carbocycles. The van der Waals surface area contributed by atoms with Gasteiger partial charge >= 0.3 is 5.63 Å². The fraction of sp³-hybridized carbons (Fsp3) is 0.167. The van der Waals surface area contributed by atoms with Gasteiger partial charge in [-0.25, -0.2) is 4.79 Å². The molecule has 0 aliphatic rings. The molecule has 1 N–H and O–H groups in total. The van der Waals surface area contributed by atoms with Crippen LogP contribution in [0.15, 0.2) is 69.9 Å². The van der Waals surface area contributed by atoms with Crippen molar-refractivity contribution in [3.05, 3.63) is 76.6 Å². The molecule has 4 nitrogen and oxygen atoms in total. The van der Waals surface area contributed by atoms with E-state index in [4.69, 9.17) is 9.15 Å². The predicted molar refractivity (Wildman–Crippen MR) is 86.1 cm³/mol. The summed E-state index contributed by atoms with van der Waals surface area (Å²) < 4.78 is 10.7. The summed E-state index contributed by atoms with van der Waals surface area (Å²) in [5.74, 6) is 0.880. The van der Waals surface area contributed by atoms with E-state index < -0.39 is 0 Å². The van der Waals surface area contributed by atoms with Crippen LogP contribution in [0.25, 0.3) is 11.0 Å². The van der Waals surface area contributed by atoms with Gasteiger partial charge in [0.25, 0.3) is 0 Å². The van der Waals surface area contributed by atoms with Crippen molar-refractivity contribution in [1.29, 1.82) is 0 Å². The van der Waals surface area contributed by atoms with Crippen molar-refractivity contribution >= 4 is 11.0 Å². The zero-order valence-corrected chi connectivity index (χ0v) is 12.1. The number of hydrogen-bond acceptors (Lipinski definition) is 4. The molecule has 2 aromatic carbocycles. The smallest absolute Gasteiger partial charge is 0.336 e. The SMILES string of the molecule is O=c1ccc2cc(CNCCOc3ccccc3)ccc2o1. The molecule has 0 radical (unpaired) electrons. The Kier molecular flexibility index (Phi) is 4.51. The standard InChI is InChI=1S/C18H17NO3/c20-18-9-7-15-12-14(6-8-17(15)22-18)13-19-10-11-21-16-4-2-1-3-5-16/h1-9,12,19H,10-11,13H2. The molecule has 0 aliphatic carbocycles. The van der Waals surface area contributed by atoms with Crippen LogP contribution in [0.2, 0.25) is 0 Å². The number of rotatable bonds is 6. The zero-order valence-electron chi connectivity index (χ0n) is 12.1. The first-order valence-electron chi connectivity index (χ1n) is 7.23. The van der Waals surface area contributed by atoms with Crippen LogP contribution < -0.4 is 15.7 Å². The summed E-state index contributed by atoms with van der Waals surface area (Å²) in [6.07, 6.45) is 0. The van der Waals surface area contributed by atoms with Crippen LogP contribution in [-0.4, -0.2) is 13.2 Å². The minimum absolute atomic E-state index is 0.323. The quantitative estimate of drug-likeness (QED) is 0.561. The average molecular weight is 295 g/mol. The van der Waals surface area contributed by atoms with E-state index in [1.165, 1.54) is 6.07 Å². The monoisotopic (exact) mass is 295 g/mol. The molecule has 0 saturated heterocycles. The maximum atomic E-state index is 11.1. The van der Waals surface area contributed by atoms with Gasteiger partial charge in [0, 0.05) is 24.5 Å². The molecule has 0 aliphatic heterocycles. The largest absolute Gasteiger partial charge is 0.492 e. The number of benzene rings is 2. The van der Waals surface area contributed by atoms with E-state index in [-0.39, 0.29) is 5.63 Å². The van der Waals surface area contributed by atoms with Crippen LogP contribution in [0.1, 0.15) is 5.56 Å². The molecule has 1 heterocycles. The van der Waals surface area contributed by atoms with Crippen LogP contribution in [0, 0.1) is 0 Å². The van der Waals surface area contributed by atoms with Gasteiger partial charge in [-0.05, 0) is 35.9 Å². The minimum Gasteiger partial charge on any atom is -0.492 e. The summed E-state index contributed by atoms with van der Waals surface area (Å²) in [6.45, 7) is 2.12. The van der Waals surface area contributed by atoms with E-state index in [9.17, 15) is 4.79 Å². The van der Waals surface area contributed by atoms with E-state index in [2.05, 4.69) is 5.32 Å². The Morgan fingerprint density at radius 3 is 2.73 bits per heavy atom. The Bertz CT molecular complexity index is 796. The first-order valence-corrected chi connectivity index (χ1v) is 7.23. The van der Waals surface area contributed by atoms with Gasteiger partial charge in [-0.1, -0.05) is 24.3 Å². The summed E-state index contributed by atoms with van der Waals surface area (Å²) in [6, 6.07) is 18.8. The first-order chi connectivity index (χ1) is 10.8. The molecule has 1 aromatic heterocycles. The van der Waals surface area contributed by atoms with Gasteiger partial charge in [0.15, 0.2) is 0 Å². The lowest BCUT2D eigenvalue weighted by Gasteiger charge is -2.08. The fourth-order valence-corrected chi connectivity index (χ4v) is 2.22. The summed E-state index contributed by atoms with van der Waals surface area (Å²) in [7, 11) is 0. The Hall–Kier alpha value is -2.59. The van der Waals surface area contributed by atoms with Gasteiger partial charge in [0.05, 0.1) is 0 Å². The third-order valence-electron chi connectivity index (χ3n) is 3.30. The van der Waals surface area contributed by atoms with Gasteiger partial charge in [-0.2, -0.15) is 0 Å². The second-order valence-corrected chi connectivity index (χ2v) is 4.96. The number of para-hydroxylation sites is 1. The molecule has 3 rings (SSSR count). The third-order valence-corrected chi connectivity index (χ3v) is 3.30. The van der Waals surface area contributed by atoms with Gasteiger partial charge < -0.3 is 14.5 Å². The number of ether oxygens (including phenoxy) is 1. The van der Waals surface area contributed by atoms with Crippen molar-refractivity contribution in [2.75, 3.05) is 13.2 Å². The molecule has 0 amide bonds. The lowest BCUT2D eigenvalue weighted by Crippen LogP contribution is -2.20. The van der Waals surface area contributed by atoms with Gasteiger partial charge in [0.2, 0.25) is 0 Å². The predicted octanol–water partition coefficient (Wildman–Crippen LogP) is 2.96. The van der Waals surface area contributed by atoms with E-state index in [0.29, 0.717) is 12.2 Å². The second-order valence-electron chi connectivity index (χ2n) is 4.96. The molecule has 4 heteroatoms. The summed E-state index contributed by atoms with van der Waals surface area (Å²) in [5.41, 5.74) is 1.43. The van der Waals surface area contributed by atoms with Gasteiger partial charge in [0.1, 0.15) is 17.9 Å². The van der Waals surface area contributed by atoms with Crippen molar-refractivity contribution in [3.63, 3.8) is 0 Å². The summed E-state index contributed by atoms with van der Waals surface area (Å²) in [4.78, 5) is 11.1. The van der Waals surface area contributed by atoms with Crippen LogP contribution in [-0.2, 0) is 6.54 Å². The Morgan fingerprint density at radius 2 is 1.86 bits per heavy atom. The van der Waals surface area contributed by atoms with Crippen LogP contribution in [0.5, 0.6) is 5.75 Å². The lowest BCUT2D eigenvalue weighted by atomic mass is 10.1. The number of nitrogens with one attached hydrogen (secondary N) is 1. The third kappa shape index (κ3) is 3.74. The maximum Gasteiger partial charge on any atom is 0.336 e. The number of fused-ring (bicyclic) bond motifs is 1. The van der Waals surface area contributed by atoms with Gasteiger partial charge in [-0.3, -0.25) is 0 Å². The first kappa shape index (κ1) is 14.4. The Labute approximate surface area is 128 Å². The second kappa shape index (κ2) is 6.91. The highest BCUT2D eigenvalue weighted by Crippen LogP contribution is 2.13. The van der Waals surface area contributed by atoms with Crippen LogP contribution >= 0.6 is 0 Å². The topological polar surface area (TPSA) is 51.5 Å². The molecule has 112 valence electrons. The Balaban J connectivity index is 1.49. The van der Waals surface area contributed by atoms with Crippen LogP contribution in [0.4, 0.5) is 0 Å². The maximum absolute atomic E-state index is 11.1. The van der Waals surface area contributed by atoms with Crippen molar-refractivity contribution in [1.82, 2.24) is 5.32 Å². The molecule has 0 atom stereocenters. The fourth-order valence-electron chi connectivity index (χ4n) is 2.22. The average Bonchev–Trinajstić information content (AvgIpc) is 2.55. The molecule has 22 heavy (non-hydrogen) atoms. The molecule has 0 fully saturated rings. The van der Waals surface area contributed by atoms with Crippen molar-refractivity contribution in [3.8, 4) is 5.75 Å². The molecule has 0 spiro atoms. The minimum atomic E-state index is -0.323. The van der Waals surface area contributed by atoms with Crippen molar-refractivity contribution < 1.29 is 9.15 Å². The van der Waals surface area contributed by atoms with Crippen molar-refractivity contribution in [2.24, 2.45) is 0 Å². The molecule has 0 bridgehead atoms. The highest BCUT2D eigenvalue weighted by Gasteiger charge is 1.99. The molecule has 0 unspecified atom stereocenters. The van der Waals surface area contributed by atoms with E-state index in [0.717, 1.165) is 29.8 Å². The number of hydrogen-bond donors (Lipinski definition) is 1. The highest BCUT2D eigenvalue weighted by molar-refractivity contribution is 5.76. The van der Waals surface area contributed by atoms with E-state index in [1.54, 1.807) is 6.07 Å². The van der Waals surface area contributed by atoms with Crippen LogP contribution in [0.3, 0.4) is 0 Å². The molecular weight excluding hydrogens is 278 g/mol. The van der Waals surface area contributed by atoms with E-state index >= 15 is 0 Å². The van der Waals surface area contributed by atoms with Gasteiger partial charge in [-0.15, -0.1) is 0 Å². The summed E-state index contributed by atoms with van der Waals surface area (Å²) in [5, 5.41) is 4.26. The summed E-state index contributed by atoms with van der Waals surface area (Å²) >= 11 is 0. The molecular formula is C18H17NO3. The van der Waals surface area contributed by atoms with Crippen molar-refractivity contribution in [2.45, 2.75) is 6.54 Å². The Morgan fingerprint density at radius 1 is 1.00 bits per heavy atom. The lowest BCUT2D eigenvalue weighted by molar-refractivity contribution is 0.313. The van der Waals surface area contributed by atoms with E-state index in [1.807, 2.05) is 48.5 Å².